The second kappa shape index (κ2) is 14.2. The summed E-state index contributed by atoms with van der Waals surface area (Å²) < 4.78 is 11.1. The number of hydrogen-bond donors (Lipinski definition) is 0. The number of nitrogens with zero attached hydrogens (tertiary/aromatic N) is 2. The van der Waals surface area contributed by atoms with Gasteiger partial charge in [-0.1, -0.05) is 70.2 Å². The summed E-state index contributed by atoms with van der Waals surface area (Å²) in [6.07, 6.45) is 12.2. The Bertz CT molecular complexity index is 1010. The summed E-state index contributed by atoms with van der Waals surface area (Å²) in [7, 11) is 0. The van der Waals surface area contributed by atoms with Crippen molar-refractivity contribution in [3.8, 4) is 28.3 Å². The highest BCUT2D eigenvalue weighted by atomic mass is 16.6. The van der Waals surface area contributed by atoms with Crippen LogP contribution in [-0.4, -0.2) is 28.6 Å². The molecular formula is C30H38N2O3. The van der Waals surface area contributed by atoms with Crippen LogP contribution < -0.4 is 4.74 Å². The summed E-state index contributed by atoms with van der Waals surface area (Å²) in [5.41, 5.74) is 4.37. The van der Waals surface area contributed by atoms with Crippen molar-refractivity contribution in [2.45, 2.75) is 78.2 Å². The fourth-order valence-electron chi connectivity index (χ4n) is 3.82. The summed E-state index contributed by atoms with van der Waals surface area (Å²) in [4.78, 5) is 21.2. The summed E-state index contributed by atoms with van der Waals surface area (Å²) in [5, 5.41) is 0. The molecule has 5 nitrogen and oxygen atoms in total. The monoisotopic (exact) mass is 474 g/mol. The third kappa shape index (κ3) is 8.50. The highest BCUT2D eigenvalue weighted by Gasteiger charge is 2.16. The lowest BCUT2D eigenvalue weighted by atomic mass is 10.0. The van der Waals surface area contributed by atoms with Crippen LogP contribution in [0.2, 0.25) is 0 Å². The molecule has 2 aromatic carbocycles. The van der Waals surface area contributed by atoms with Crippen LogP contribution in [-0.2, 0) is 16.0 Å². The maximum absolute atomic E-state index is 12.1. The molecule has 0 radical (unpaired) electrons. The van der Waals surface area contributed by atoms with Crippen molar-refractivity contribution < 1.29 is 14.3 Å². The molecule has 0 spiro atoms. The summed E-state index contributed by atoms with van der Waals surface area (Å²) in [6.45, 7) is 6.54. The molecule has 0 N–H and O–H groups in total. The molecule has 186 valence electrons. The zero-order valence-corrected chi connectivity index (χ0v) is 21.3. The average molecular weight is 475 g/mol. The lowest BCUT2D eigenvalue weighted by Crippen LogP contribution is -2.26. The van der Waals surface area contributed by atoms with E-state index in [4.69, 9.17) is 9.47 Å². The molecule has 0 saturated heterocycles. The van der Waals surface area contributed by atoms with E-state index >= 15 is 0 Å². The fraction of sp³-hybridized carbons (Fsp3) is 0.433. The van der Waals surface area contributed by atoms with Gasteiger partial charge in [0.25, 0.3) is 0 Å². The molecule has 0 bridgehead atoms. The molecule has 0 aliphatic heterocycles. The summed E-state index contributed by atoms with van der Waals surface area (Å²) >= 11 is 0. The van der Waals surface area contributed by atoms with E-state index in [1.54, 1.807) is 6.92 Å². The van der Waals surface area contributed by atoms with Gasteiger partial charge in [0.1, 0.15) is 5.75 Å². The molecule has 0 saturated carbocycles. The van der Waals surface area contributed by atoms with Crippen molar-refractivity contribution in [3.63, 3.8) is 0 Å². The number of hydrogen-bond acceptors (Lipinski definition) is 5. The molecule has 3 aromatic rings. The quantitative estimate of drug-likeness (QED) is 0.179. The van der Waals surface area contributed by atoms with Crippen LogP contribution in [0.5, 0.6) is 5.75 Å². The van der Waals surface area contributed by atoms with E-state index < -0.39 is 6.10 Å². The molecule has 1 unspecified atom stereocenters. The Morgan fingerprint density at radius 2 is 1.40 bits per heavy atom. The first-order valence-electron chi connectivity index (χ1n) is 13.0. The highest BCUT2D eigenvalue weighted by molar-refractivity contribution is 5.74. The van der Waals surface area contributed by atoms with Gasteiger partial charge in [-0.05, 0) is 61.6 Å². The number of rotatable bonds is 14. The van der Waals surface area contributed by atoms with E-state index in [0.717, 1.165) is 48.8 Å². The molecular weight excluding hydrogens is 436 g/mol. The van der Waals surface area contributed by atoms with Crippen LogP contribution in [0.3, 0.4) is 0 Å². The SMILES string of the molecule is CCCCCCOC(=O)C(C)Oc1ccc(-c2ncc(-c3ccc(CCCCC)cc3)cn2)cc1. The van der Waals surface area contributed by atoms with Gasteiger partial charge in [0.2, 0.25) is 0 Å². The number of unbranched alkanes of at least 4 members (excludes halogenated alkanes) is 5. The first kappa shape index (κ1) is 26.4. The molecule has 3 rings (SSSR count). The highest BCUT2D eigenvalue weighted by Crippen LogP contribution is 2.23. The third-order valence-electron chi connectivity index (χ3n) is 6.01. The van der Waals surface area contributed by atoms with Crippen LogP contribution in [0.15, 0.2) is 60.9 Å². The Morgan fingerprint density at radius 1 is 0.771 bits per heavy atom. The van der Waals surface area contributed by atoms with E-state index in [2.05, 4.69) is 48.1 Å². The fourth-order valence-corrected chi connectivity index (χ4v) is 3.82. The molecule has 0 aliphatic carbocycles. The third-order valence-corrected chi connectivity index (χ3v) is 6.01. The van der Waals surface area contributed by atoms with Gasteiger partial charge in [-0.3, -0.25) is 0 Å². The van der Waals surface area contributed by atoms with Gasteiger partial charge in [-0.25, -0.2) is 14.8 Å². The van der Waals surface area contributed by atoms with Crippen molar-refractivity contribution in [1.29, 1.82) is 0 Å². The minimum Gasteiger partial charge on any atom is -0.479 e. The zero-order valence-electron chi connectivity index (χ0n) is 21.3. The minimum absolute atomic E-state index is 0.335. The molecule has 1 atom stereocenters. The topological polar surface area (TPSA) is 61.3 Å². The van der Waals surface area contributed by atoms with Crippen molar-refractivity contribution in [3.05, 3.63) is 66.5 Å². The zero-order chi connectivity index (χ0) is 24.9. The van der Waals surface area contributed by atoms with Crippen molar-refractivity contribution in [1.82, 2.24) is 9.97 Å². The van der Waals surface area contributed by atoms with Gasteiger partial charge in [0.05, 0.1) is 6.61 Å². The lowest BCUT2D eigenvalue weighted by molar-refractivity contribution is -0.151. The normalized spacial score (nSPS) is 11.7. The largest absolute Gasteiger partial charge is 0.479 e. The van der Waals surface area contributed by atoms with Gasteiger partial charge in [0.15, 0.2) is 11.9 Å². The maximum Gasteiger partial charge on any atom is 0.347 e. The second-order valence-corrected chi connectivity index (χ2v) is 8.96. The van der Waals surface area contributed by atoms with Crippen LogP contribution in [0.1, 0.15) is 71.3 Å². The number of aryl methyl sites for hydroxylation is 1. The summed E-state index contributed by atoms with van der Waals surface area (Å²) in [5.74, 6) is 0.925. The van der Waals surface area contributed by atoms with Gasteiger partial charge >= 0.3 is 5.97 Å². The number of aromatic nitrogens is 2. The smallest absolute Gasteiger partial charge is 0.347 e. The standard InChI is InChI=1S/C30H38N2O3/c1-4-6-8-10-20-34-30(33)23(3)35-28-18-16-26(17-19-28)29-31-21-27(22-32-29)25-14-12-24(13-15-25)11-9-7-5-2/h12-19,21-23H,4-11,20H2,1-3H3. The van der Waals surface area contributed by atoms with Crippen LogP contribution >= 0.6 is 0 Å². The van der Waals surface area contributed by atoms with Crippen LogP contribution in [0, 0.1) is 0 Å². The minimum atomic E-state index is -0.652. The van der Waals surface area contributed by atoms with Crippen molar-refractivity contribution in [2.75, 3.05) is 6.61 Å². The van der Waals surface area contributed by atoms with Crippen LogP contribution in [0.25, 0.3) is 22.5 Å². The van der Waals surface area contributed by atoms with E-state index in [1.165, 1.54) is 24.8 Å². The molecule has 1 aromatic heterocycles. The molecule has 0 fully saturated rings. The number of carbonyl (C=O) groups is 1. The Labute approximate surface area is 209 Å². The molecule has 0 amide bonds. The van der Waals surface area contributed by atoms with Crippen molar-refractivity contribution in [2.24, 2.45) is 0 Å². The Morgan fingerprint density at radius 3 is 2.06 bits per heavy atom. The number of esters is 1. The Kier molecular flexibility index (Phi) is 10.7. The van der Waals surface area contributed by atoms with Crippen LogP contribution in [0.4, 0.5) is 0 Å². The Hall–Kier alpha value is -3.21. The predicted molar refractivity (Wildman–Crippen MR) is 141 cm³/mol. The van der Waals surface area contributed by atoms with Gasteiger partial charge in [0, 0.05) is 23.5 Å². The van der Waals surface area contributed by atoms with E-state index in [0.29, 0.717) is 18.2 Å². The van der Waals surface area contributed by atoms with E-state index in [-0.39, 0.29) is 5.97 Å². The van der Waals surface area contributed by atoms with E-state index in [9.17, 15) is 4.79 Å². The molecule has 1 heterocycles. The van der Waals surface area contributed by atoms with Gasteiger partial charge in [-0.2, -0.15) is 0 Å². The molecule has 0 aliphatic rings. The van der Waals surface area contributed by atoms with Gasteiger partial charge < -0.3 is 9.47 Å². The number of carbonyl (C=O) groups excluding carboxylic acids is 1. The molecule has 35 heavy (non-hydrogen) atoms. The first-order chi connectivity index (χ1) is 17.1. The maximum atomic E-state index is 12.1. The lowest BCUT2D eigenvalue weighted by Gasteiger charge is -2.14. The summed E-state index contributed by atoms with van der Waals surface area (Å²) in [6, 6.07) is 16.1. The molecule has 5 heteroatoms. The van der Waals surface area contributed by atoms with Gasteiger partial charge in [-0.15, -0.1) is 0 Å². The second-order valence-electron chi connectivity index (χ2n) is 8.96. The predicted octanol–water partition coefficient (Wildman–Crippen LogP) is 7.43. The number of ether oxygens (including phenoxy) is 2. The van der Waals surface area contributed by atoms with E-state index in [1.807, 2.05) is 36.7 Å². The Balaban J connectivity index is 1.52. The number of benzene rings is 2. The first-order valence-corrected chi connectivity index (χ1v) is 13.0. The average Bonchev–Trinajstić information content (AvgIpc) is 2.89. The van der Waals surface area contributed by atoms with Crippen molar-refractivity contribution >= 4 is 5.97 Å².